The van der Waals surface area contributed by atoms with E-state index in [2.05, 4.69) is 0 Å². The van der Waals surface area contributed by atoms with Crippen LogP contribution in [0.4, 0.5) is 0 Å². The minimum atomic E-state index is -0.590. The zero-order chi connectivity index (χ0) is 14.7. The van der Waals surface area contributed by atoms with Gasteiger partial charge in [0.25, 0.3) is 0 Å². The molecule has 0 radical (unpaired) electrons. The molecule has 0 aliphatic heterocycles. The third kappa shape index (κ3) is 3.45. The lowest BCUT2D eigenvalue weighted by atomic mass is 10.1. The molecule has 0 unspecified atom stereocenters. The molecule has 2 rings (SSSR count). The second kappa shape index (κ2) is 6.49. The van der Waals surface area contributed by atoms with Crippen molar-refractivity contribution < 1.29 is 9.84 Å². The number of halogens is 2. The first-order chi connectivity index (χ1) is 9.49. The van der Waals surface area contributed by atoms with Crippen LogP contribution in [0.5, 0.6) is 5.75 Å². The van der Waals surface area contributed by atoms with Crippen molar-refractivity contribution in [2.45, 2.75) is 26.6 Å². The number of aryl methyl sites for hydroxylation is 1. The number of aliphatic hydroxyl groups excluding tert-OH is 1. The van der Waals surface area contributed by atoms with Crippen LogP contribution < -0.4 is 4.74 Å². The monoisotopic (exact) mass is 310 g/mol. The fourth-order valence-electron chi connectivity index (χ4n) is 1.93. The summed E-state index contributed by atoms with van der Waals surface area (Å²) < 4.78 is 5.80. The van der Waals surface area contributed by atoms with Crippen LogP contribution in [0.3, 0.4) is 0 Å². The highest BCUT2D eigenvalue weighted by atomic mass is 35.5. The fourth-order valence-corrected chi connectivity index (χ4v) is 2.44. The first-order valence-electron chi connectivity index (χ1n) is 6.33. The highest BCUT2D eigenvalue weighted by molar-refractivity contribution is 6.35. The Labute approximate surface area is 128 Å². The maximum Gasteiger partial charge on any atom is 0.125 e. The Balaban J connectivity index is 2.25. The maximum atomic E-state index is 9.77. The summed E-state index contributed by atoms with van der Waals surface area (Å²) in [6, 6.07) is 11.0. The topological polar surface area (TPSA) is 29.5 Å². The third-order valence-corrected chi connectivity index (χ3v) is 3.76. The molecule has 0 bridgehead atoms. The zero-order valence-corrected chi connectivity index (χ0v) is 12.9. The number of hydrogen-bond acceptors (Lipinski definition) is 2. The Bertz CT molecular complexity index is 589. The average molecular weight is 311 g/mol. The van der Waals surface area contributed by atoms with Crippen LogP contribution >= 0.6 is 23.2 Å². The molecule has 0 amide bonds. The van der Waals surface area contributed by atoms with Gasteiger partial charge in [0.1, 0.15) is 12.4 Å². The molecule has 0 saturated heterocycles. The second-order valence-corrected chi connectivity index (χ2v) is 5.52. The van der Waals surface area contributed by atoms with Gasteiger partial charge in [-0.15, -0.1) is 0 Å². The Hall–Kier alpha value is -1.22. The van der Waals surface area contributed by atoms with Gasteiger partial charge in [-0.2, -0.15) is 0 Å². The lowest BCUT2D eigenvalue weighted by Crippen LogP contribution is -2.02. The number of benzene rings is 2. The van der Waals surface area contributed by atoms with Gasteiger partial charge in [0.15, 0.2) is 0 Å². The molecular weight excluding hydrogens is 295 g/mol. The fraction of sp³-hybridized carbons (Fsp3) is 0.250. The van der Waals surface area contributed by atoms with E-state index in [9.17, 15) is 5.11 Å². The Morgan fingerprint density at radius 2 is 1.80 bits per heavy atom. The first kappa shape index (κ1) is 15.2. The molecule has 0 spiro atoms. The summed E-state index contributed by atoms with van der Waals surface area (Å²) in [5.74, 6) is 0.649. The molecule has 20 heavy (non-hydrogen) atoms. The third-order valence-electron chi connectivity index (χ3n) is 3.05. The largest absolute Gasteiger partial charge is 0.488 e. The standard InChI is InChI=1S/C16H16Cl2O2/c1-10-6-7-12(11(2)19)16(8-10)20-9-13-14(17)4-3-5-15(13)18/h3-8,11,19H,9H2,1-2H3/t11-/m1/s1. The van der Waals surface area contributed by atoms with Gasteiger partial charge in [-0.1, -0.05) is 41.4 Å². The summed E-state index contributed by atoms with van der Waals surface area (Å²) in [6.07, 6.45) is -0.590. The van der Waals surface area contributed by atoms with Crippen molar-refractivity contribution in [3.8, 4) is 5.75 Å². The van der Waals surface area contributed by atoms with Crippen LogP contribution in [0.25, 0.3) is 0 Å². The number of hydrogen-bond donors (Lipinski definition) is 1. The van der Waals surface area contributed by atoms with Gasteiger partial charge in [-0.05, 0) is 37.6 Å². The average Bonchev–Trinajstić information content (AvgIpc) is 2.37. The molecule has 1 atom stereocenters. The first-order valence-corrected chi connectivity index (χ1v) is 7.09. The molecule has 4 heteroatoms. The molecule has 2 aromatic rings. The van der Waals surface area contributed by atoms with E-state index in [1.54, 1.807) is 25.1 Å². The zero-order valence-electron chi connectivity index (χ0n) is 11.4. The molecule has 0 fully saturated rings. The predicted octanol–water partition coefficient (Wildman–Crippen LogP) is 4.93. The smallest absolute Gasteiger partial charge is 0.125 e. The summed E-state index contributed by atoms with van der Waals surface area (Å²) in [5, 5.41) is 10.9. The summed E-state index contributed by atoms with van der Waals surface area (Å²) in [4.78, 5) is 0. The van der Waals surface area contributed by atoms with Crippen molar-refractivity contribution in [1.29, 1.82) is 0 Å². The van der Waals surface area contributed by atoms with Crippen LogP contribution in [0.1, 0.15) is 29.7 Å². The van der Waals surface area contributed by atoms with Gasteiger partial charge in [-0.3, -0.25) is 0 Å². The molecule has 0 aromatic heterocycles. The summed E-state index contributed by atoms with van der Waals surface area (Å²) in [7, 11) is 0. The van der Waals surface area contributed by atoms with E-state index >= 15 is 0 Å². The van der Waals surface area contributed by atoms with E-state index in [1.165, 1.54) is 0 Å². The van der Waals surface area contributed by atoms with E-state index < -0.39 is 6.10 Å². The lowest BCUT2D eigenvalue weighted by Gasteiger charge is -2.15. The Morgan fingerprint density at radius 1 is 1.15 bits per heavy atom. The normalized spacial score (nSPS) is 12.2. The van der Waals surface area contributed by atoms with Gasteiger partial charge in [-0.25, -0.2) is 0 Å². The quantitative estimate of drug-likeness (QED) is 0.867. The molecule has 0 saturated carbocycles. The molecule has 2 aromatic carbocycles. The van der Waals surface area contributed by atoms with Crippen LogP contribution in [0.15, 0.2) is 36.4 Å². The Morgan fingerprint density at radius 3 is 2.40 bits per heavy atom. The highest BCUT2D eigenvalue weighted by Gasteiger charge is 2.11. The van der Waals surface area contributed by atoms with Crippen molar-refractivity contribution in [2.24, 2.45) is 0 Å². The van der Waals surface area contributed by atoms with Gasteiger partial charge >= 0.3 is 0 Å². The van der Waals surface area contributed by atoms with E-state index in [0.29, 0.717) is 15.8 Å². The molecule has 0 aliphatic rings. The van der Waals surface area contributed by atoms with Crippen LogP contribution in [0, 0.1) is 6.92 Å². The van der Waals surface area contributed by atoms with Crippen molar-refractivity contribution in [1.82, 2.24) is 0 Å². The molecule has 1 N–H and O–H groups in total. The van der Waals surface area contributed by atoms with E-state index in [-0.39, 0.29) is 6.61 Å². The minimum absolute atomic E-state index is 0.266. The van der Waals surface area contributed by atoms with E-state index in [4.69, 9.17) is 27.9 Å². The minimum Gasteiger partial charge on any atom is -0.488 e. The van der Waals surface area contributed by atoms with Gasteiger partial charge in [0, 0.05) is 21.2 Å². The number of ether oxygens (including phenoxy) is 1. The number of rotatable bonds is 4. The maximum absolute atomic E-state index is 9.77. The van der Waals surface area contributed by atoms with Crippen molar-refractivity contribution >= 4 is 23.2 Å². The Kier molecular flexibility index (Phi) is 4.92. The van der Waals surface area contributed by atoms with Crippen LogP contribution in [0.2, 0.25) is 10.0 Å². The SMILES string of the molecule is Cc1ccc([C@@H](C)O)c(OCc2c(Cl)cccc2Cl)c1. The molecule has 0 aliphatic carbocycles. The van der Waals surface area contributed by atoms with Crippen LogP contribution in [-0.2, 0) is 6.61 Å². The van der Waals surface area contributed by atoms with Gasteiger partial charge in [0.05, 0.1) is 6.10 Å². The second-order valence-electron chi connectivity index (χ2n) is 4.71. The van der Waals surface area contributed by atoms with Gasteiger partial charge in [0.2, 0.25) is 0 Å². The molecular formula is C16H16Cl2O2. The molecule has 106 valence electrons. The van der Waals surface area contributed by atoms with Crippen LogP contribution in [-0.4, -0.2) is 5.11 Å². The van der Waals surface area contributed by atoms with Crippen molar-refractivity contribution in [2.75, 3.05) is 0 Å². The molecule has 2 nitrogen and oxygen atoms in total. The summed E-state index contributed by atoms with van der Waals surface area (Å²) in [5.41, 5.74) is 2.56. The predicted molar refractivity (Wildman–Crippen MR) is 82.6 cm³/mol. The van der Waals surface area contributed by atoms with E-state index in [1.807, 2.05) is 25.1 Å². The lowest BCUT2D eigenvalue weighted by molar-refractivity contribution is 0.190. The molecule has 0 heterocycles. The van der Waals surface area contributed by atoms with E-state index in [0.717, 1.165) is 16.7 Å². The summed E-state index contributed by atoms with van der Waals surface area (Å²) in [6.45, 7) is 3.95. The van der Waals surface area contributed by atoms with Crippen molar-refractivity contribution in [3.05, 3.63) is 63.1 Å². The highest BCUT2D eigenvalue weighted by Crippen LogP contribution is 2.30. The summed E-state index contributed by atoms with van der Waals surface area (Å²) >= 11 is 12.2. The van der Waals surface area contributed by atoms with Crippen molar-refractivity contribution in [3.63, 3.8) is 0 Å². The number of aliphatic hydroxyl groups is 1. The van der Waals surface area contributed by atoms with Gasteiger partial charge < -0.3 is 9.84 Å².